The van der Waals surface area contributed by atoms with Gasteiger partial charge in [-0.2, -0.15) is 9.49 Å². The van der Waals surface area contributed by atoms with Gasteiger partial charge >= 0.3 is 0 Å². The van der Waals surface area contributed by atoms with Gasteiger partial charge in [0, 0.05) is 50.9 Å². The number of fused-ring (bicyclic) bond motifs is 2. The van der Waals surface area contributed by atoms with Crippen molar-refractivity contribution in [2.24, 2.45) is 0 Å². The zero-order chi connectivity index (χ0) is 24.8. The van der Waals surface area contributed by atoms with Crippen LogP contribution in [-0.2, 0) is 0 Å². The Balaban J connectivity index is 1.26. The van der Waals surface area contributed by atoms with Crippen molar-refractivity contribution >= 4 is 33.4 Å². The number of piperidine rings is 1. The van der Waals surface area contributed by atoms with E-state index >= 15 is 0 Å². The zero-order valence-corrected chi connectivity index (χ0v) is 20.5. The minimum atomic E-state index is -0.214. The predicted octanol–water partition coefficient (Wildman–Crippen LogP) is 5.56. The standard InChI is InChI=1S/C27H22FN7OS/c28-24-2-1-23(37-24)19-5-8-31-26-20(19)11-22(33-26)25-21-10-16(13-32-27(21)35-34-25)15-9-18(14-30-12-15)36-17-3-6-29-7-4-17/h1-2,5,8-14,17,29H,3-4,6-7H2,(H,31,33)(H,32,34,35). The summed E-state index contributed by atoms with van der Waals surface area (Å²) in [5, 5.41) is 12.5. The van der Waals surface area contributed by atoms with Crippen LogP contribution in [0.1, 0.15) is 12.8 Å². The van der Waals surface area contributed by atoms with Crippen LogP contribution < -0.4 is 10.1 Å². The Morgan fingerprint density at radius 1 is 0.946 bits per heavy atom. The monoisotopic (exact) mass is 511 g/mol. The van der Waals surface area contributed by atoms with Crippen LogP contribution >= 0.6 is 11.3 Å². The van der Waals surface area contributed by atoms with Gasteiger partial charge in [0.05, 0.1) is 17.6 Å². The molecule has 6 aromatic heterocycles. The number of H-pyrrole nitrogens is 2. The first kappa shape index (κ1) is 22.1. The second-order valence-electron chi connectivity index (χ2n) is 9.08. The van der Waals surface area contributed by atoms with Crippen LogP contribution in [0.15, 0.2) is 61.2 Å². The van der Waals surface area contributed by atoms with Crippen LogP contribution in [-0.4, -0.2) is 49.3 Å². The van der Waals surface area contributed by atoms with E-state index in [1.807, 2.05) is 24.4 Å². The van der Waals surface area contributed by atoms with E-state index in [0.29, 0.717) is 5.65 Å². The molecule has 1 aliphatic heterocycles. The number of hydrogen-bond acceptors (Lipinski definition) is 7. The highest BCUT2D eigenvalue weighted by molar-refractivity contribution is 7.14. The fourth-order valence-corrected chi connectivity index (χ4v) is 5.62. The summed E-state index contributed by atoms with van der Waals surface area (Å²) in [6.07, 6.45) is 9.27. The van der Waals surface area contributed by atoms with Gasteiger partial charge < -0.3 is 15.0 Å². The van der Waals surface area contributed by atoms with Crippen molar-refractivity contribution in [1.29, 1.82) is 0 Å². The van der Waals surface area contributed by atoms with Crippen LogP contribution in [0.4, 0.5) is 4.39 Å². The average molecular weight is 512 g/mol. The molecular formula is C27H22FN7OS. The molecule has 0 amide bonds. The maximum atomic E-state index is 13.7. The Morgan fingerprint density at radius 3 is 2.70 bits per heavy atom. The summed E-state index contributed by atoms with van der Waals surface area (Å²) < 4.78 is 19.9. The molecule has 1 aliphatic rings. The third-order valence-electron chi connectivity index (χ3n) is 6.68. The van der Waals surface area contributed by atoms with Crippen molar-refractivity contribution in [2.75, 3.05) is 13.1 Å². The van der Waals surface area contributed by atoms with Gasteiger partial charge in [-0.1, -0.05) is 0 Å². The van der Waals surface area contributed by atoms with Gasteiger partial charge in [-0.15, -0.1) is 11.3 Å². The first-order valence-electron chi connectivity index (χ1n) is 12.1. The molecule has 0 bridgehead atoms. The number of pyridine rings is 3. The quantitative estimate of drug-likeness (QED) is 0.280. The highest BCUT2D eigenvalue weighted by Gasteiger charge is 2.17. The molecule has 0 aromatic carbocycles. The SMILES string of the molecule is Fc1ccc(-c2ccnc3[nH]c(-c4[nH]nc5ncc(-c6cncc(OC7CCNCC7)c6)cc45)cc23)s1. The maximum absolute atomic E-state index is 13.7. The summed E-state index contributed by atoms with van der Waals surface area (Å²) in [5.41, 5.74) is 5.74. The number of hydrogen-bond donors (Lipinski definition) is 3. The average Bonchev–Trinajstić information content (AvgIpc) is 3.66. The number of halogens is 1. The maximum Gasteiger partial charge on any atom is 0.181 e. The second kappa shape index (κ2) is 9.06. The lowest BCUT2D eigenvalue weighted by molar-refractivity contribution is 0.162. The smallest absolute Gasteiger partial charge is 0.181 e. The third kappa shape index (κ3) is 4.13. The van der Waals surface area contributed by atoms with Gasteiger partial charge in [0.1, 0.15) is 17.5 Å². The summed E-state index contributed by atoms with van der Waals surface area (Å²) in [4.78, 5) is 17.7. The van der Waals surface area contributed by atoms with Gasteiger partial charge in [-0.3, -0.25) is 10.1 Å². The molecule has 184 valence electrons. The number of aromatic nitrogens is 6. The molecule has 0 radical (unpaired) electrons. The normalized spacial score (nSPS) is 14.5. The molecule has 0 spiro atoms. The van der Waals surface area contributed by atoms with Crippen molar-refractivity contribution in [3.05, 3.63) is 66.3 Å². The lowest BCUT2D eigenvalue weighted by Gasteiger charge is -2.23. The third-order valence-corrected chi connectivity index (χ3v) is 7.59. The van der Waals surface area contributed by atoms with Gasteiger partial charge in [-0.05, 0) is 62.3 Å². The molecule has 1 fully saturated rings. The molecule has 10 heteroatoms. The lowest BCUT2D eigenvalue weighted by atomic mass is 10.1. The van der Waals surface area contributed by atoms with Crippen molar-refractivity contribution in [2.45, 2.75) is 18.9 Å². The lowest BCUT2D eigenvalue weighted by Crippen LogP contribution is -2.34. The molecule has 0 saturated carbocycles. The minimum Gasteiger partial charge on any atom is -0.489 e. The molecule has 7 heterocycles. The Labute approximate surface area is 215 Å². The Bertz CT molecular complexity index is 1730. The van der Waals surface area contributed by atoms with Crippen LogP contribution in [0.25, 0.3) is 55.0 Å². The van der Waals surface area contributed by atoms with Crippen LogP contribution in [0.2, 0.25) is 0 Å². The Hall–Kier alpha value is -4.15. The summed E-state index contributed by atoms with van der Waals surface area (Å²) in [6.45, 7) is 1.94. The summed E-state index contributed by atoms with van der Waals surface area (Å²) in [6, 6.07) is 11.3. The van der Waals surface area contributed by atoms with E-state index in [9.17, 15) is 4.39 Å². The van der Waals surface area contributed by atoms with E-state index in [1.165, 1.54) is 6.07 Å². The van der Waals surface area contributed by atoms with Gasteiger partial charge in [0.15, 0.2) is 10.8 Å². The summed E-state index contributed by atoms with van der Waals surface area (Å²) >= 11 is 1.12. The van der Waals surface area contributed by atoms with E-state index in [1.54, 1.807) is 24.7 Å². The second-order valence-corrected chi connectivity index (χ2v) is 10.1. The largest absolute Gasteiger partial charge is 0.489 e. The van der Waals surface area contributed by atoms with Crippen molar-refractivity contribution < 1.29 is 9.13 Å². The number of thiophene rings is 1. The molecule has 7 rings (SSSR count). The molecular weight excluding hydrogens is 489 g/mol. The predicted molar refractivity (Wildman–Crippen MR) is 142 cm³/mol. The Kier molecular flexibility index (Phi) is 5.40. The number of nitrogens with one attached hydrogen (secondary N) is 3. The van der Waals surface area contributed by atoms with E-state index in [-0.39, 0.29) is 11.2 Å². The first-order chi connectivity index (χ1) is 18.2. The molecule has 6 aromatic rings. The fraction of sp³-hybridized carbons (Fsp3) is 0.185. The topological polar surface area (TPSA) is 104 Å². The van der Waals surface area contributed by atoms with Gasteiger partial charge in [-0.25, -0.2) is 9.97 Å². The van der Waals surface area contributed by atoms with E-state index in [4.69, 9.17) is 4.74 Å². The van der Waals surface area contributed by atoms with Crippen molar-refractivity contribution in [3.8, 4) is 38.7 Å². The number of ether oxygens (including phenoxy) is 1. The molecule has 3 N–H and O–H groups in total. The van der Waals surface area contributed by atoms with Gasteiger partial charge in [0.25, 0.3) is 0 Å². The molecule has 1 saturated heterocycles. The molecule has 8 nitrogen and oxygen atoms in total. The van der Waals surface area contributed by atoms with E-state index in [0.717, 1.165) is 92.4 Å². The molecule has 0 unspecified atom stereocenters. The van der Waals surface area contributed by atoms with E-state index < -0.39 is 0 Å². The van der Waals surface area contributed by atoms with Crippen LogP contribution in [0, 0.1) is 5.13 Å². The van der Waals surface area contributed by atoms with E-state index in [2.05, 4.69) is 41.5 Å². The first-order valence-corrected chi connectivity index (χ1v) is 12.9. The van der Waals surface area contributed by atoms with Crippen molar-refractivity contribution in [1.82, 2.24) is 35.5 Å². The highest BCUT2D eigenvalue weighted by Crippen LogP contribution is 2.36. The number of nitrogens with zero attached hydrogens (tertiary/aromatic N) is 4. The molecule has 0 atom stereocenters. The minimum absolute atomic E-state index is 0.200. The highest BCUT2D eigenvalue weighted by atomic mass is 32.1. The van der Waals surface area contributed by atoms with Gasteiger partial charge in [0.2, 0.25) is 0 Å². The number of rotatable bonds is 5. The molecule has 0 aliphatic carbocycles. The number of aromatic amines is 2. The summed E-state index contributed by atoms with van der Waals surface area (Å²) in [7, 11) is 0. The molecule has 37 heavy (non-hydrogen) atoms. The van der Waals surface area contributed by atoms with Crippen LogP contribution in [0.3, 0.4) is 0 Å². The zero-order valence-electron chi connectivity index (χ0n) is 19.7. The Morgan fingerprint density at radius 2 is 1.84 bits per heavy atom. The van der Waals surface area contributed by atoms with Crippen molar-refractivity contribution in [3.63, 3.8) is 0 Å². The van der Waals surface area contributed by atoms with Crippen LogP contribution in [0.5, 0.6) is 5.75 Å². The summed E-state index contributed by atoms with van der Waals surface area (Å²) in [5.74, 6) is 0.760. The fourth-order valence-electron chi connectivity index (χ4n) is 4.85.